The van der Waals surface area contributed by atoms with Crippen molar-refractivity contribution in [2.45, 2.75) is 19.5 Å². The third kappa shape index (κ3) is 1.99. The lowest BCUT2D eigenvalue weighted by atomic mass is 10.0. The van der Waals surface area contributed by atoms with Crippen LogP contribution in [0.25, 0.3) is 0 Å². The molecule has 0 radical (unpaired) electrons. The Bertz CT molecular complexity index is 249. The summed E-state index contributed by atoms with van der Waals surface area (Å²) in [5.41, 5.74) is 2.83. The summed E-state index contributed by atoms with van der Waals surface area (Å²) in [4.78, 5) is 0. The molecule has 0 saturated carbocycles. The van der Waals surface area contributed by atoms with Crippen LogP contribution in [0.4, 0.5) is 13.2 Å². The molecule has 0 N–H and O–H groups in total. The molecule has 0 aromatic heterocycles. The predicted molar refractivity (Wildman–Crippen MR) is 36.0 cm³/mol. The van der Waals surface area contributed by atoms with Gasteiger partial charge in [0.05, 0.1) is 0 Å². The predicted octanol–water partition coefficient (Wildman–Crippen LogP) is 2.98. The molecule has 0 nitrogen and oxygen atoms in total. The van der Waals surface area contributed by atoms with E-state index in [1.54, 1.807) is 6.92 Å². The molecule has 0 bridgehead atoms. The number of halogens is 3. The lowest BCUT2D eigenvalue weighted by Gasteiger charge is -2.11. The van der Waals surface area contributed by atoms with Crippen LogP contribution in [0.1, 0.15) is 13.3 Å². The van der Waals surface area contributed by atoms with E-state index in [2.05, 4.69) is 5.73 Å². The molecule has 3 heteroatoms. The van der Waals surface area contributed by atoms with Crippen molar-refractivity contribution in [1.29, 1.82) is 0 Å². The number of hydrogen-bond donors (Lipinski definition) is 0. The number of rotatable bonds is 0. The zero-order chi connectivity index (χ0) is 8.48. The first-order valence-electron chi connectivity index (χ1n) is 3.18. The van der Waals surface area contributed by atoms with Gasteiger partial charge in [-0.05, 0) is 24.6 Å². The second-order valence-corrected chi connectivity index (χ2v) is 2.46. The Labute approximate surface area is 62.7 Å². The van der Waals surface area contributed by atoms with Crippen LogP contribution in [0.2, 0.25) is 0 Å². The molecule has 0 atom stereocenters. The van der Waals surface area contributed by atoms with Crippen LogP contribution in [0, 0.1) is 0 Å². The van der Waals surface area contributed by atoms with E-state index < -0.39 is 11.7 Å². The summed E-state index contributed by atoms with van der Waals surface area (Å²) in [6.45, 7) is 1.63. The third-order valence-electron chi connectivity index (χ3n) is 1.43. The summed E-state index contributed by atoms with van der Waals surface area (Å²) < 4.78 is 36.0. The molecule has 0 unspecified atom stereocenters. The fraction of sp³-hybridized carbons (Fsp3) is 0.375. The van der Waals surface area contributed by atoms with Gasteiger partial charge in [-0.3, -0.25) is 0 Å². The van der Waals surface area contributed by atoms with Gasteiger partial charge in [-0.2, -0.15) is 13.2 Å². The zero-order valence-electron chi connectivity index (χ0n) is 6.00. The Morgan fingerprint density at radius 1 is 1.45 bits per heavy atom. The maximum Gasteiger partial charge on any atom is 0.413 e. The summed E-state index contributed by atoms with van der Waals surface area (Å²) in [6.07, 6.45) is -1.84. The summed E-state index contributed by atoms with van der Waals surface area (Å²) >= 11 is 0. The molecule has 1 aliphatic rings. The van der Waals surface area contributed by atoms with E-state index >= 15 is 0 Å². The van der Waals surface area contributed by atoms with E-state index in [0.29, 0.717) is 5.57 Å². The molecule has 0 heterocycles. The van der Waals surface area contributed by atoms with Gasteiger partial charge in [0.2, 0.25) is 0 Å². The molecule has 60 valence electrons. The van der Waals surface area contributed by atoms with Gasteiger partial charge in [0, 0.05) is 12.0 Å². The SMILES string of the molecule is CC1=C=CC=C(C(F)(F)F)C1. The van der Waals surface area contributed by atoms with Crippen LogP contribution in [-0.4, -0.2) is 6.18 Å². The monoisotopic (exact) mass is 160 g/mol. The normalized spacial score (nSPS) is 17.8. The second kappa shape index (κ2) is 2.59. The maximum atomic E-state index is 12.0. The Kier molecular flexibility index (Phi) is 1.92. The Morgan fingerprint density at radius 2 is 2.09 bits per heavy atom. The highest BCUT2D eigenvalue weighted by atomic mass is 19.4. The first-order valence-corrected chi connectivity index (χ1v) is 3.18. The average Bonchev–Trinajstić information content (AvgIpc) is 1.86. The average molecular weight is 160 g/mol. The van der Waals surface area contributed by atoms with Gasteiger partial charge < -0.3 is 0 Å². The third-order valence-corrected chi connectivity index (χ3v) is 1.43. The molecule has 0 saturated heterocycles. The Balaban J connectivity index is 2.83. The lowest BCUT2D eigenvalue weighted by molar-refractivity contribution is -0.0932. The summed E-state index contributed by atoms with van der Waals surface area (Å²) in [5, 5.41) is 0. The molecule has 0 aliphatic heterocycles. The topological polar surface area (TPSA) is 0 Å². The minimum Gasteiger partial charge on any atom is -0.166 e. The van der Waals surface area contributed by atoms with Crippen molar-refractivity contribution in [3.05, 3.63) is 29.0 Å². The molecule has 0 spiro atoms. The van der Waals surface area contributed by atoms with Crippen molar-refractivity contribution in [3.63, 3.8) is 0 Å². The van der Waals surface area contributed by atoms with Gasteiger partial charge in [-0.1, -0.05) is 0 Å². The van der Waals surface area contributed by atoms with Crippen molar-refractivity contribution in [2.75, 3.05) is 0 Å². The Hall–Kier alpha value is -0.950. The summed E-state index contributed by atoms with van der Waals surface area (Å²) in [6, 6.07) is 0. The molecule has 11 heavy (non-hydrogen) atoms. The zero-order valence-corrected chi connectivity index (χ0v) is 6.00. The van der Waals surface area contributed by atoms with Gasteiger partial charge in [-0.15, -0.1) is 5.73 Å². The molecule has 0 aromatic carbocycles. The molecular weight excluding hydrogens is 153 g/mol. The van der Waals surface area contributed by atoms with Crippen LogP contribution in [0.15, 0.2) is 29.0 Å². The van der Waals surface area contributed by atoms with E-state index in [1.807, 2.05) is 0 Å². The first kappa shape index (κ1) is 8.15. The highest BCUT2D eigenvalue weighted by Crippen LogP contribution is 2.31. The van der Waals surface area contributed by atoms with Gasteiger partial charge in [-0.25, -0.2) is 0 Å². The largest absolute Gasteiger partial charge is 0.413 e. The summed E-state index contributed by atoms with van der Waals surface area (Å²) in [7, 11) is 0. The first-order chi connectivity index (χ1) is 5.00. The minimum absolute atomic E-state index is 0.0278. The van der Waals surface area contributed by atoms with Gasteiger partial charge in [0.15, 0.2) is 0 Å². The number of hydrogen-bond acceptors (Lipinski definition) is 0. The van der Waals surface area contributed by atoms with Crippen molar-refractivity contribution in [3.8, 4) is 0 Å². The molecule has 0 fully saturated rings. The van der Waals surface area contributed by atoms with Gasteiger partial charge in [0.25, 0.3) is 0 Å². The van der Waals surface area contributed by atoms with Crippen LogP contribution >= 0.6 is 0 Å². The number of alkyl halides is 3. The molecule has 0 amide bonds. The van der Waals surface area contributed by atoms with Crippen molar-refractivity contribution in [2.24, 2.45) is 0 Å². The number of allylic oxidation sites excluding steroid dienone is 3. The highest BCUT2D eigenvalue weighted by Gasteiger charge is 2.33. The molecule has 1 rings (SSSR count). The fourth-order valence-corrected chi connectivity index (χ4v) is 0.875. The van der Waals surface area contributed by atoms with Crippen molar-refractivity contribution in [1.82, 2.24) is 0 Å². The van der Waals surface area contributed by atoms with Crippen LogP contribution in [0.5, 0.6) is 0 Å². The quantitative estimate of drug-likeness (QED) is 0.478. The van der Waals surface area contributed by atoms with Crippen molar-refractivity contribution >= 4 is 0 Å². The van der Waals surface area contributed by atoms with E-state index in [1.165, 1.54) is 6.08 Å². The molecular formula is C8H7F3. The van der Waals surface area contributed by atoms with E-state index in [0.717, 1.165) is 6.08 Å². The van der Waals surface area contributed by atoms with Crippen LogP contribution in [-0.2, 0) is 0 Å². The van der Waals surface area contributed by atoms with Gasteiger partial charge >= 0.3 is 6.18 Å². The fourth-order valence-electron chi connectivity index (χ4n) is 0.875. The van der Waals surface area contributed by atoms with Crippen LogP contribution in [0.3, 0.4) is 0 Å². The Morgan fingerprint density at radius 3 is 2.45 bits per heavy atom. The van der Waals surface area contributed by atoms with Crippen molar-refractivity contribution < 1.29 is 13.2 Å². The smallest absolute Gasteiger partial charge is 0.166 e. The van der Waals surface area contributed by atoms with Crippen LogP contribution < -0.4 is 0 Å². The molecule has 0 aromatic rings. The maximum absolute atomic E-state index is 12.0. The van der Waals surface area contributed by atoms with E-state index in [4.69, 9.17) is 0 Å². The summed E-state index contributed by atoms with van der Waals surface area (Å²) in [5.74, 6) is 0. The highest BCUT2D eigenvalue weighted by molar-refractivity contribution is 5.27. The molecule has 1 aliphatic carbocycles. The second-order valence-electron chi connectivity index (χ2n) is 2.46. The van der Waals surface area contributed by atoms with E-state index in [-0.39, 0.29) is 6.42 Å². The van der Waals surface area contributed by atoms with E-state index in [9.17, 15) is 13.2 Å². The lowest BCUT2D eigenvalue weighted by Crippen LogP contribution is -2.12. The minimum atomic E-state index is -4.18. The standard InChI is InChI=1S/C8H7F3/c1-6-3-2-4-7(5-6)8(9,10)11/h2,4H,5H2,1H3. The van der Waals surface area contributed by atoms with Gasteiger partial charge in [0.1, 0.15) is 0 Å².